The fourth-order valence-electron chi connectivity index (χ4n) is 1.27. The number of carbonyl (C=O) groups is 1. The molecule has 1 heterocycles. The van der Waals surface area contributed by atoms with Crippen LogP contribution in [0.4, 0.5) is 5.13 Å². The number of benzene rings is 1. The Bertz CT molecular complexity index is 550. The van der Waals surface area contributed by atoms with Crippen LogP contribution in [-0.4, -0.2) is 10.9 Å². The molecular formula is C11H8BrClN2OS. The van der Waals surface area contributed by atoms with Gasteiger partial charge in [0, 0.05) is 26.1 Å². The van der Waals surface area contributed by atoms with E-state index in [1.54, 1.807) is 24.4 Å². The van der Waals surface area contributed by atoms with E-state index in [1.165, 1.54) is 11.3 Å². The normalized spacial score (nSPS) is 10.3. The molecule has 1 N–H and O–H groups in total. The van der Waals surface area contributed by atoms with Crippen LogP contribution < -0.4 is 5.32 Å². The lowest BCUT2D eigenvalue weighted by molar-refractivity contribution is 0.102. The Morgan fingerprint density at radius 1 is 1.47 bits per heavy atom. The molecule has 2 rings (SSSR count). The molecule has 6 heteroatoms. The second-order valence-corrected chi connectivity index (χ2v) is 5.98. The number of hydrogen-bond donors (Lipinski definition) is 1. The molecule has 1 aromatic carbocycles. The summed E-state index contributed by atoms with van der Waals surface area (Å²) in [5, 5.41) is 3.82. The number of halogens is 2. The summed E-state index contributed by atoms with van der Waals surface area (Å²) in [4.78, 5) is 17.0. The Kier molecular flexibility index (Phi) is 3.81. The number of aromatic nitrogens is 1. The molecule has 2 aromatic rings. The van der Waals surface area contributed by atoms with E-state index in [2.05, 4.69) is 26.2 Å². The molecule has 0 saturated heterocycles. The first-order chi connectivity index (χ1) is 8.04. The highest BCUT2D eigenvalue weighted by molar-refractivity contribution is 9.10. The van der Waals surface area contributed by atoms with Gasteiger partial charge in [-0.15, -0.1) is 11.3 Å². The lowest BCUT2D eigenvalue weighted by atomic mass is 10.2. The van der Waals surface area contributed by atoms with E-state index in [-0.39, 0.29) is 5.91 Å². The number of rotatable bonds is 2. The summed E-state index contributed by atoms with van der Waals surface area (Å²) in [5.41, 5.74) is 0.497. The number of thiazole rings is 1. The fraction of sp³-hybridized carbons (Fsp3) is 0.0909. The van der Waals surface area contributed by atoms with Crippen LogP contribution >= 0.6 is 38.9 Å². The largest absolute Gasteiger partial charge is 0.298 e. The molecule has 17 heavy (non-hydrogen) atoms. The summed E-state index contributed by atoms with van der Waals surface area (Å²) in [6.45, 7) is 1.93. The SMILES string of the molecule is Cc1cnc(NC(=O)c2cc(Cl)cc(Br)c2)s1. The van der Waals surface area contributed by atoms with Crippen LogP contribution in [0.25, 0.3) is 0 Å². The van der Waals surface area contributed by atoms with E-state index >= 15 is 0 Å². The molecule has 0 aliphatic heterocycles. The zero-order chi connectivity index (χ0) is 12.4. The Labute approximate surface area is 116 Å². The Balaban J connectivity index is 2.19. The number of anilines is 1. The third-order valence-corrected chi connectivity index (χ3v) is 3.47. The number of aryl methyl sites for hydroxylation is 1. The Morgan fingerprint density at radius 2 is 2.24 bits per heavy atom. The van der Waals surface area contributed by atoms with Crippen molar-refractivity contribution in [3.63, 3.8) is 0 Å². The molecular weight excluding hydrogens is 324 g/mol. The summed E-state index contributed by atoms with van der Waals surface area (Å²) in [7, 11) is 0. The highest BCUT2D eigenvalue weighted by Crippen LogP contribution is 2.22. The molecule has 0 radical (unpaired) electrons. The van der Waals surface area contributed by atoms with Gasteiger partial charge in [0.25, 0.3) is 5.91 Å². The van der Waals surface area contributed by atoms with E-state index in [4.69, 9.17) is 11.6 Å². The second-order valence-electron chi connectivity index (χ2n) is 3.39. The van der Waals surface area contributed by atoms with Gasteiger partial charge in [-0.2, -0.15) is 0 Å². The fourth-order valence-corrected chi connectivity index (χ4v) is 2.79. The minimum atomic E-state index is -0.220. The average Bonchev–Trinajstić information content (AvgIpc) is 2.62. The number of carbonyl (C=O) groups excluding carboxylic acids is 1. The van der Waals surface area contributed by atoms with Crippen molar-refractivity contribution in [2.75, 3.05) is 5.32 Å². The summed E-state index contributed by atoms with van der Waals surface area (Å²) < 4.78 is 0.769. The maximum Gasteiger partial charge on any atom is 0.257 e. The smallest absolute Gasteiger partial charge is 0.257 e. The average molecular weight is 332 g/mol. The summed E-state index contributed by atoms with van der Waals surface area (Å²) in [5.74, 6) is -0.220. The van der Waals surface area contributed by atoms with E-state index in [0.717, 1.165) is 9.35 Å². The molecule has 88 valence electrons. The number of hydrogen-bond acceptors (Lipinski definition) is 3. The van der Waals surface area contributed by atoms with E-state index in [0.29, 0.717) is 15.7 Å². The van der Waals surface area contributed by atoms with Gasteiger partial charge >= 0.3 is 0 Å². The van der Waals surface area contributed by atoms with Gasteiger partial charge in [-0.1, -0.05) is 27.5 Å². The van der Waals surface area contributed by atoms with Crippen molar-refractivity contribution in [3.8, 4) is 0 Å². The molecule has 0 bridgehead atoms. The molecule has 0 unspecified atom stereocenters. The van der Waals surface area contributed by atoms with Crippen molar-refractivity contribution in [2.45, 2.75) is 6.92 Å². The maximum atomic E-state index is 11.9. The predicted molar refractivity (Wildman–Crippen MR) is 74.0 cm³/mol. The Morgan fingerprint density at radius 3 is 2.82 bits per heavy atom. The van der Waals surface area contributed by atoms with Crippen LogP contribution in [0.5, 0.6) is 0 Å². The minimum Gasteiger partial charge on any atom is -0.298 e. The standard InChI is InChI=1S/C11H8BrClN2OS/c1-6-5-14-11(17-6)15-10(16)7-2-8(12)4-9(13)3-7/h2-5H,1H3,(H,14,15,16). The summed E-state index contributed by atoms with van der Waals surface area (Å²) in [6, 6.07) is 5.05. The number of nitrogens with zero attached hydrogens (tertiary/aromatic N) is 1. The van der Waals surface area contributed by atoms with Gasteiger partial charge in [-0.05, 0) is 25.1 Å². The topological polar surface area (TPSA) is 42.0 Å². The predicted octanol–water partition coefficient (Wildman–Crippen LogP) is 4.12. The third-order valence-electron chi connectivity index (χ3n) is 1.97. The van der Waals surface area contributed by atoms with Crippen molar-refractivity contribution in [2.24, 2.45) is 0 Å². The van der Waals surface area contributed by atoms with Crippen molar-refractivity contribution in [1.29, 1.82) is 0 Å². The highest BCUT2D eigenvalue weighted by atomic mass is 79.9. The first-order valence-corrected chi connectivity index (χ1v) is 6.73. The molecule has 0 aliphatic rings. The van der Waals surface area contributed by atoms with Crippen LogP contribution in [0.3, 0.4) is 0 Å². The van der Waals surface area contributed by atoms with Crippen LogP contribution in [0, 0.1) is 6.92 Å². The maximum absolute atomic E-state index is 11.9. The van der Waals surface area contributed by atoms with Crippen LogP contribution in [0.2, 0.25) is 5.02 Å². The molecule has 1 amide bonds. The summed E-state index contributed by atoms with van der Waals surface area (Å²) in [6.07, 6.45) is 1.72. The first kappa shape index (κ1) is 12.5. The Hall–Kier alpha value is -0.910. The molecule has 0 atom stereocenters. The third kappa shape index (κ3) is 3.28. The van der Waals surface area contributed by atoms with Gasteiger partial charge < -0.3 is 0 Å². The van der Waals surface area contributed by atoms with Crippen molar-refractivity contribution >= 4 is 49.9 Å². The molecule has 0 saturated carbocycles. The quantitative estimate of drug-likeness (QED) is 0.899. The van der Waals surface area contributed by atoms with Gasteiger partial charge in [0.1, 0.15) is 0 Å². The molecule has 0 spiro atoms. The van der Waals surface area contributed by atoms with E-state index < -0.39 is 0 Å². The van der Waals surface area contributed by atoms with Gasteiger partial charge in [0.05, 0.1) is 0 Å². The van der Waals surface area contributed by atoms with Crippen molar-refractivity contribution in [3.05, 3.63) is 44.3 Å². The zero-order valence-electron chi connectivity index (χ0n) is 8.83. The number of nitrogens with one attached hydrogen (secondary N) is 1. The number of amides is 1. The zero-order valence-corrected chi connectivity index (χ0v) is 12.0. The van der Waals surface area contributed by atoms with E-state index in [1.807, 2.05) is 6.92 Å². The monoisotopic (exact) mass is 330 g/mol. The highest BCUT2D eigenvalue weighted by Gasteiger charge is 2.09. The lowest BCUT2D eigenvalue weighted by Crippen LogP contribution is -2.11. The molecule has 3 nitrogen and oxygen atoms in total. The lowest BCUT2D eigenvalue weighted by Gasteiger charge is -2.03. The first-order valence-electron chi connectivity index (χ1n) is 4.74. The minimum absolute atomic E-state index is 0.220. The van der Waals surface area contributed by atoms with E-state index in [9.17, 15) is 4.79 Å². The van der Waals surface area contributed by atoms with Gasteiger partial charge in [0.15, 0.2) is 5.13 Å². The van der Waals surface area contributed by atoms with Gasteiger partial charge in [-0.25, -0.2) is 4.98 Å². The van der Waals surface area contributed by atoms with Crippen LogP contribution in [0.1, 0.15) is 15.2 Å². The molecule has 0 fully saturated rings. The van der Waals surface area contributed by atoms with Crippen LogP contribution in [-0.2, 0) is 0 Å². The van der Waals surface area contributed by atoms with Gasteiger partial charge in [0.2, 0.25) is 0 Å². The van der Waals surface area contributed by atoms with Crippen LogP contribution in [0.15, 0.2) is 28.9 Å². The van der Waals surface area contributed by atoms with Crippen molar-refractivity contribution in [1.82, 2.24) is 4.98 Å². The summed E-state index contributed by atoms with van der Waals surface area (Å²) >= 11 is 10.6. The molecule has 0 aliphatic carbocycles. The van der Waals surface area contributed by atoms with Gasteiger partial charge in [-0.3, -0.25) is 10.1 Å². The van der Waals surface area contributed by atoms with Crippen molar-refractivity contribution < 1.29 is 4.79 Å². The molecule has 1 aromatic heterocycles. The second kappa shape index (κ2) is 5.16.